The standard InChI is InChI=1S/C15H21N3O3S/c1-13-3-5-14(6-4-13)7-8-16-15(19)17-9-11-18(12-10-17)22(2,20)21/h3-8H,9-12H2,1-2H3,(H,16,19)/b8-7+. The molecule has 0 spiro atoms. The van der Waals surface area contributed by atoms with E-state index < -0.39 is 10.0 Å². The van der Waals surface area contributed by atoms with Crippen molar-refractivity contribution in [3.63, 3.8) is 0 Å². The SMILES string of the molecule is Cc1ccc(/C=C/NC(=O)N2CCN(S(C)(=O)=O)CC2)cc1. The summed E-state index contributed by atoms with van der Waals surface area (Å²) in [4.78, 5) is 13.6. The van der Waals surface area contributed by atoms with Gasteiger partial charge in [0.05, 0.1) is 6.26 Å². The second kappa shape index (κ2) is 6.93. The third-order valence-electron chi connectivity index (χ3n) is 3.55. The fourth-order valence-corrected chi connectivity index (χ4v) is 3.03. The first kappa shape index (κ1) is 16.5. The minimum Gasteiger partial charge on any atom is -0.322 e. The molecule has 0 atom stereocenters. The Hall–Kier alpha value is -1.86. The smallest absolute Gasteiger partial charge is 0.321 e. The van der Waals surface area contributed by atoms with Gasteiger partial charge in [-0.25, -0.2) is 13.2 Å². The molecule has 6 nitrogen and oxygen atoms in total. The van der Waals surface area contributed by atoms with Crippen LogP contribution in [0, 0.1) is 6.92 Å². The number of benzene rings is 1. The van der Waals surface area contributed by atoms with Crippen LogP contribution in [0.2, 0.25) is 0 Å². The van der Waals surface area contributed by atoms with Gasteiger partial charge in [-0.1, -0.05) is 29.8 Å². The van der Waals surface area contributed by atoms with Crippen molar-refractivity contribution >= 4 is 22.1 Å². The lowest BCUT2D eigenvalue weighted by molar-refractivity contribution is 0.176. The molecule has 0 unspecified atom stereocenters. The van der Waals surface area contributed by atoms with E-state index in [1.54, 1.807) is 11.1 Å². The van der Waals surface area contributed by atoms with Crippen molar-refractivity contribution in [1.82, 2.24) is 14.5 Å². The molecule has 0 aromatic heterocycles. The van der Waals surface area contributed by atoms with Gasteiger partial charge in [-0.2, -0.15) is 4.31 Å². The zero-order valence-electron chi connectivity index (χ0n) is 12.8. The van der Waals surface area contributed by atoms with E-state index in [-0.39, 0.29) is 6.03 Å². The molecule has 120 valence electrons. The van der Waals surface area contributed by atoms with Crippen LogP contribution >= 0.6 is 0 Å². The van der Waals surface area contributed by atoms with Gasteiger partial charge >= 0.3 is 6.03 Å². The average molecular weight is 323 g/mol. The van der Waals surface area contributed by atoms with Crippen molar-refractivity contribution in [2.75, 3.05) is 32.4 Å². The maximum atomic E-state index is 12.0. The molecule has 1 saturated heterocycles. The Bertz CT molecular complexity index is 645. The van der Waals surface area contributed by atoms with Crippen molar-refractivity contribution in [1.29, 1.82) is 0 Å². The van der Waals surface area contributed by atoms with Crippen LogP contribution in [-0.4, -0.2) is 56.1 Å². The van der Waals surface area contributed by atoms with Crippen molar-refractivity contribution in [3.05, 3.63) is 41.6 Å². The highest BCUT2D eigenvalue weighted by Crippen LogP contribution is 2.07. The first-order valence-corrected chi connectivity index (χ1v) is 8.95. The lowest BCUT2D eigenvalue weighted by atomic mass is 10.1. The summed E-state index contributed by atoms with van der Waals surface area (Å²) in [6.07, 6.45) is 4.62. The summed E-state index contributed by atoms with van der Waals surface area (Å²) >= 11 is 0. The molecule has 1 fully saturated rings. The van der Waals surface area contributed by atoms with Gasteiger partial charge in [0.15, 0.2) is 0 Å². The van der Waals surface area contributed by atoms with Gasteiger partial charge in [-0.05, 0) is 18.6 Å². The Morgan fingerprint density at radius 1 is 1.14 bits per heavy atom. The van der Waals surface area contributed by atoms with Crippen molar-refractivity contribution in [3.8, 4) is 0 Å². The fourth-order valence-electron chi connectivity index (χ4n) is 2.20. The van der Waals surface area contributed by atoms with Crippen LogP contribution in [0.1, 0.15) is 11.1 Å². The molecule has 0 bridgehead atoms. The van der Waals surface area contributed by atoms with Crippen LogP contribution in [0.4, 0.5) is 4.79 Å². The molecule has 2 amide bonds. The summed E-state index contributed by atoms with van der Waals surface area (Å²) in [6.45, 7) is 3.50. The Labute approximate surface area is 131 Å². The van der Waals surface area contributed by atoms with Gasteiger partial charge in [0, 0.05) is 32.4 Å². The first-order chi connectivity index (χ1) is 10.4. The quantitative estimate of drug-likeness (QED) is 0.910. The molecule has 1 aliphatic heterocycles. The number of carbonyl (C=O) groups excluding carboxylic acids is 1. The molecule has 1 aromatic rings. The number of sulfonamides is 1. The van der Waals surface area contributed by atoms with E-state index in [4.69, 9.17) is 0 Å². The molecule has 1 aromatic carbocycles. The fraction of sp³-hybridized carbons (Fsp3) is 0.400. The molecule has 22 heavy (non-hydrogen) atoms. The normalized spacial score (nSPS) is 16.9. The highest BCUT2D eigenvalue weighted by molar-refractivity contribution is 7.88. The summed E-state index contributed by atoms with van der Waals surface area (Å²) in [6, 6.07) is 7.75. The Morgan fingerprint density at radius 2 is 1.73 bits per heavy atom. The summed E-state index contributed by atoms with van der Waals surface area (Å²) in [5.74, 6) is 0. The van der Waals surface area contributed by atoms with Crippen molar-refractivity contribution in [2.45, 2.75) is 6.92 Å². The maximum absolute atomic E-state index is 12.0. The number of carbonyl (C=O) groups is 1. The summed E-state index contributed by atoms with van der Waals surface area (Å²) in [7, 11) is -3.17. The van der Waals surface area contributed by atoms with Crippen molar-refractivity contribution in [2.24, 2.45) is 0 Å². The molecule has 0 radical (unpaired) electrons. The second-order valence-corrected chi connectivity index (χ2v) is 7.33. The monoisotopic (exact) mass is 323 g/mol. The molecule has 1 aliphatic rings. The van der Waals surface area contributed by atoms with Crippen LogP contribution in [-0.2, 0) is 10.0 Å². The van der Waals surface area contributed by atoms with E-state index >= 15 is 0 Å². The average Bonchev–Trinajstić information content (AvgIpc) is 2.48. The number of hydrogen-bond donors (Lipinski definition) is 1. The number of urea groups is 1. The van der Waals surface area contributed by atoms with Crippen LogP contribution in [0.3, 0.4) is 0 Å². The lowest BCUT2D eigenvalue weighted by Crippen LogP contribution is -2.52. The minimum absolute atomic E-state index is 0.212. The number of nitrogens with one attached hydrogen (secondary N) is 1. The van der Waals surface area contributed by atoms with E-state index in [9.17, 15) is 13.2 Å². The maximum Gasteiger partial charge on any atom is 0.321 e. The highest BCUT2D eigenvalue weighted by Gasteiger charge is 2.25. The predicted octanol–water partition coefficient (Wildman–Crippen LogP) is 1.25. The zero-order valence-corrected chi connectivity index (χ0v) is 13.6. The zero-order chi connectivity index (χ0) is 16.2. The number of hydrogen-bond acceptors (Lipinski definition) is 3. The molecule has 1 N–H and O–H groups in total. The molecular weight excluding hydrogens is 302 g/mol. The molecule has 0 saturated carbocycles. The van der Waals surface area contributed by atoms with Gasteiger partial charge in [0.2, 0.25) is 10.0 Å². The number of piperazine rings is 1. The van der Waals surface area contributed by atoms with E-state index in [1.165, 1.54) is 16.1 Å². The molecular formula is C15H21N3O3S. The Morgan fingerprint density at radius 3 is 2.27 bits per heavy atom. The third-order valence-corrected chi connectivity index (χ3v) is 4.86. The summed E-state index contributed by atoms with van der Waals surface area (Å²) < 4.78 is 24.2. The second-order valence-electron chi connectivity index (χ2n) is 5.34. The van der Waals surface area contributed by atoms with E-state index in [2.05, 4.69) is 5.32 Å². The van der Waals surface area contributed by atoms with Crippen LogP contribution < -0.4 is 5.32 Å². The Balaban J connectivity index is 1.82. The minimum atomic E-state index is -3.17. The van der Waals surface area contributed by atoms with Gasteiger partial charge in [0.25, 0.3) is 0 Å². The number of amides is 2. The third kappa shape index (κ3) is 4.57. The van der Waals surface area contributed by atoms with Gasteiger partial charge in [0.1, 0.15) is 0 Å². The van der Waals surface area contributed by atoms with Crippen molar-refractivity contribution < 1.29 is 13.2 Å². The van der Waals surface area contributed by atoms with E-state index in [1.807, 2.05) is 37.3 Å². The number of nitrogens with zero attached hydrogens (tertiary/aromatic N) is 2. The number of aryl methyl sites for hydroxylation is 1. The van der Waals surface area contributed by atoms with Gasteiger partial charge < -0.3 is 10.2 Å². The van der Waals surface area contributed by atoms with Gasteiger partial charge in [-0.3, -0.25) is 0 Å². The molecule has 2 rings (SSSR count). The number of rotatable bonds is 3. The Kier molecular flexibility index (Phi) is 5.20. The van der Waals surface area contributed by atoms with Crippen LogP contribution in [0.25, 0.3) is 6.08 Å². The topological polar surface area (TPSA) is 69.7 Å². The van der Waals surface area contributed by atoms with E-state index in [0.717, 1.165) is 5.56 Å². The molecule has 7 heteroatoms. The van der Waals surface area contributed by atoms with Gasteiger partial charge in [-0.15, -0.1) is 0 Å². The van der Waals surface area contributed by atoms with E-state index in [0.29, 0.717) is 26.2 Å². The van der Waals surface area contributed by atoms with Crippen LogP contribution in [0.15, 0.2) is 30.5 Å². The predicted molar refractivity (Wildman–Crippen MR) is 86.7 cm³/mol. The summed E-state index contributed by atoms with van der Waals surface area (Å²) in [5, 5.41) is 2.71. The molecule has 0 aliphatic carbocycles. The largest absolute Gasteiger partial charge is 0.322 e. The van der Waals surface area contributed by atoms with Crippen LogP contribution in [0.5, 0.6) is 0 Å². The lowest BCUT2D eigenvalue weighted by Gasteiger charge is -2.32. The highest BCUT2D eigenvalue weighted by atomic mass is 32.2. The molecule has 1 heterocycles. The first-order valence-electron chi connectivity index (χ1n) is 7.10. The summed E-state index contributed by atoms with van der Waals surface area (Å²) in [5.41, 5.74) is 2.19.